The Balaban J connectivity index is 1.70. The van der Waals surface area contributed by atoms with E-state index < -0.39 is 33.8 Å². The normalized spacial score (nSPS) is 24.8. The van der Waals surface area contributed by atoms with Crippen molar-refractivity contribution in [2.75, 3.05) is 13.2 Å². The molecule has 0 bridgehead atoms. The molecule has 0 aliphatic carbocycles. The van der Waals surface area contributed by atoms with Gasteiger partial charge in [0, 0.05) is 18.0 Å². The van der Waals surface area contributed by atoms with E-state index in [0.717, 1.165) is 5.56 Å². The number of nitrogens with two attached hydrogens (primary N) is 1. The SMILES string of the molecule is CC(C)(C)OC(=O)C(N)C1NC(C(=O)OCc2ccccc2)C2(CCOCC2)S1. The number of hydrogen-bond acceptors (Lipinski definition) is 8. The molecular formula is C21H30N2O5S. The van der Waals surface area contributed by atoms with Gasteiger partial charge in [-0.2, -0.15) is 0 Å². The Bertz CT molecular complexity index is 716. The van der Waals surface area contributed by atoms with Crippen molar-refractivity contribution in [3.63, 3.8) is 0 Å². The van der Waals surface area contributed by atoms with Crippen molar-refractivity contribution in [2.24, 2.45) is 5.73 Å². The van der Waals surface area contributed by atoms with E-state index in [1.54, 1.807) is 20.8 Å². The van der Waals surface area contributed by atoms with Crippen molar-refractivity contribution >= 4 is 23.7 Å². The molecule has 2 aliphatic heterocycles. The zero-order valence-electron chi connectivity index (χ0n) is 17.2. The summed E-state index contributed by atoms with van der Waals surface area (Å²) in [6, 6.07) is 8.11. The minimum Gasteiger partial charge on any atom is -0.460 e. The van der Waals surface area contributed by atoms with Crippen LogP contribution in [0.15, 0.2) is 30.3 Å². The van der Waals surface area contributed by atoms with Gasteiger partial charge in [-0.3, -0.25) is 14.9 Å². The second-order valence-corrected chi connectivity index (χ2v) is 10.0. The average molecular weight is 423 g/mol. The van der Waals surface area contributed by atoms with Gasteiger partial charge in [-0.1, -0.05) is 30.3 Å². The molecule has 7 nitrogen and oxygen atoms in total. The number of carbonyl (C=O) groups is 2. The molecule has 2 heterocycles. The molecule has 29 heavy (non-hydrogen) atoms. The molecule has 8 heteroatoms. The summed E-state index contributed by atoms with van der Waals surface area (Å²) >= 11 is 1.54. The summed E-state index contributed by atoms with van der Waals surface area (Å²) in [7, 11) is 0. The van der Waals surface area contributed by atoms with Crippen LogP contribution in [-0.4, -0.2) is 53.0 Å². The van der Waals surface area contributed by atoms with Crippen LogP contribution in [0.2, 0.25) is 0 Å². The third-order valence-corrected chi connectivity index (χ3v) is 6.82. The minimum absolute atomic E-state index is 0.206. The van der Waals surface area contributed by atoms with E-state index in [1.807, 2.05) is 30.3 Å². The van der Waals surface area contributed by atoms with Crippen LogP contribution < -0.4 is 11.1 Å². The number of nitrogens with one attached hydrogen (secondary N) is 1. The minimum atomic E-state index is -0.883. The smallest absolute Gasteiger partial charge is 0.325 e. The van der Waals surface area contributed by atoms with Gasteiger partial charge in [0.15, 0.2) is 0 Å². The molecule has 3 N–H and O–H groups in total. The van der Waals surface area contributed by atoms with Crippen molar-refractivity contribution < 1.29 is 23.8 Å². The first-order chi connectivity index (χ1) is 13.7. The first kappa shape index (κ1) is 22.1. The molecule has 1 aromatic rings. The Morgan fingerprint density at radius 1 is 1.28 bits per heavy atom. The van der Waals surface area contributed by atoms with E-state index in [9.17, 15) is 9.59 Å². The molecule has 3 atom stereocenters. The molecule has 1 aromatic carbocycles. The summed E-state index contributed by atoms with van der Waals surface area (Å²) in [6.07, 6.45) is 1.38. The van der Waals surface area contributed by atoms with Crippen LogP contribution >= 0.6 is 11.8 Å². The molecule has 2 aliphatic rings. The van der Waals surface area contributed by atoms with Crippen LogP contribution in [0, 0.1) is 0 Å². The quantitative estimate of drug-likeness (QED) is 0.695. The van der Waals surface area contributed by atoms with Crippen molar-refractivity contribution in [1.82, 2.24) is 5.32 Å². The molecule has 2 saturated heterocycles. The van der Waals surface area contributed by atoms with Crippen molar-refractivity contribution in [3.05, 3.63) is 35.9 Å². The van der Waals surface area contributed by atoms with Crippen molar-refractivity contribution in [2.45, 2.75) is 68.0 Å². The second-order valence-electron chi connectivity index (χ2n) is 8.47. The Morgan fingerprint density at radius 3 is 2.55 bits per heavy atom. The molecule has 0 radical (unpaired) electrons. The maximum atomic E-state index is 13.0. The Kier molecular flexibility index (Phi) is 6.88. The van der Waals surface area contributed by atoms with E-state index in [2.05, 4.69) is 5.32 Å². The van der Waals surface area contributed by atoms with Gasteiger partial charge in [0.05, 0.1) is 5.37 Å². The van der Waals surface area contributed by atoms with Crippen LogP contribution in [0.5, 0.6) is 0 Å². The average Bonchev–Trinajstić information content (AvgIpc) is 3.04. The topological polar surface area (TPSA) is 99.9 Å². The van der Waals surface area contributed by atoms with Gasteiger partial charge in [0.2, 0.25) is 0 Å². The molecule has 0 amide bonds. The van der Waals surface area contributed by atoms with Crippen LogP contribution in [0.4, 0.5) is 0 Å². The van der Waals surface area contributed by atoms with Crippen LogP contribution in [-0.2, 0) is 30.4 Å². The van der Waals surface area contributed by atoms with Gasteiger partial charge in [0.25, 0.3) is 0 Å². The van der Waals surface area contributed by atoms with E-state index in [-0.39, 0.29) is 12.6 Å². The molecular weight excluding hydrogens is 392 g/mol. The summed E-state index contributed by atoms with van der Waals surface area (Å²) in [5.41, 5.74) is 6.51. The van der Waals surface area contributed by atoms with E-state index in [0.29, 0.717) is 26.1 Å². The molecule has 0 saturated carbocycles. The fourth-order valence-corrected chi connectivity index (χ4v) is 5.23. The lowest BCUT2D eigenvalue weighted by atomic mass is 9.90. The summed E-state index contributed by atoms with van der Waals surface area (Å²) in [4.78, 5) is 25.4. The highest BCUT2D eigenvalue weighted by Gasteiger charge is 2.55. The van der Waals surface area contributed by atoms with Crippen LogP contribution in [0.3, 0.4) is 0 Å². The highest BCUT2D eigenvalue weighted by Crippen LogP contribution is 2.46. The third-order valence-electron chi connectivity index (χ3n) is 5.02. The summed E-state index contributed by atoms with van der Waals surface area (Å²) in [5.74, 6) is -0.815. The molecule has 2 fully saturated rings. The Hall–Kier alpha value is -1.61. The highest BCUT2D eigenvalue weighted by molar-refractivity contribution is 8.01. The number of hydrogen-bond donors (Lipinski definition) is 2. The lowest BCUT2D eigenvalue weighted by molar-refractivity contribution is -0.157. The standard InChI is InChI=1S/C21H30N2O5S/c1-20(2,3)28-18(24)15(22)17-23-16(21(29-17)9-11-26-12-10-21)19(25)27-13-14-7-5-4-6-8-14/h4-8,15-17,23H,9-13,22H2,1-3H3. The lowest BCUT2D eigenvalue weighted by Gasteiger charge is -2.36. The maximum absolute atomic E-state index is 13.0. The first-order valence-electron chi connectivity index (χ1n) is 9.91. The number of esters is 2. The number of rotatable bonds is 5. The van der Waals surface area contributed by atoms with Gasteiger partial charge in [-0.25, -0.2) is 0 Å². The molecule has 1 spiro atoms. The zero-order chi connectivity index (χ0) is 21.1. The number of ether oxygens (including phenoxy) is 3. The van der Waals surface area contributed by atoms with E-state index in [4.69, 9.17) is 19.9 Å². The fourth-order valence-electron chi connectivity index (χ4n) is 3.56. The Morgan fingerprint density at radius 2 is 1.93 bits per heavy atom. The predicted molar refractivity (Wildman–Crippen MR) is 111 cm³/mol. The molecule has 3 rings (SSSR count). The number of carbonyl (C=O) groups excluding carboxylic acids is 2. The summed E-state index contributed by atoms with van der Waals surface area (Å²) in [5, 5.41) is 2.83. The summed E-state index contributed by atoms with van der Waals surface area (Å²) in [6.45, 7) is 6.73. The van der Waals surface area contributed by atoms with Crippen LogP contribution in [0.1, 0.15) is 39.2 Å². The number of thioether (sulfide) groups is 1. The third kappa shape index (κ3) is 5.51. The molecule has 160 valence electrons. The largest absolute Gasteiger partial charge is 0.460 e. The van der Waals surface area contributed by atoms with E-state index in [1.165, 1.54) is 11.8 Å². The highest BCUT2D eigenvalue weighted by atomic mass is 32.2. The van der Waals surface area contributed by atoms with Gasteiger partial charge in [-0.15, -0.1) is 11.8 Å². The molecule has 0 aromatic heterocycles. The Labute approximate surface area is 176 Å². The van der Waals surface area contributed by atoms with Crippen molar-refractivity contribution in [1.29, 1.82) is 0 Å². The maximum Gasteiger partial charge on any atom is 0.325 e. The van der Waals surface area contributed by atoms with Gasteiger partial charge < -0.3 is 19.9 Å². The predicted octanol–water partition coefficient (Wildman–Crippen LogP) is 1.98. The van der Waals surface area contributed by atoms with E-state index >= 15 is 0 Å². The van der Waals surface area contributed by atoms with Gasteiger partial charge in [0.1, 0.15) is 24.3 Å². The van der Waals surface area contributed by atoms with Crippen LogP contribution in [0.25, 0.3) is 0 Å². The second kappa shape index (κ2) is 9.04. The fraction of sp³-hybridized carbons (Fsp3) is 0.619. The first-order valence-corrected chi connectivity index (χ1v) is 10.8. The van der Waals surface area contributed by atoms with Gasteiger partial charge in [-0.05, 0) is 39.2 Å². The number of benzene rings is 1. The monoisotopic (exact) mass is 422 g/mol. The summed E-state index contributed by atoms with van der Waals surface area (Å²) < 4.78 is 16.1. The van der Waals surface area contributed by atoms with Crippen molar-refractivity contribution in [3.8, 4) is 0 Å². The zero-order valence-corrected chi connectivity index (χ0v) is 18.0. The van der Waals surface area contributed by atoms with Gasteiger partial charge >= 0.3 is 11.9 Å². The lowest BCUT2D eigenvalue weighted by Crippen LogP contribution is -2.54. The molecule has 3 unspecified atom stereocenters.